The number of hydrogen-bond donors (Lipinski definition) is 5. The molecule has 3 heterocycles. The topological polar surface area (TPSA) is 201 Å². The van der Waals surface area contributed by atoms with Crippen LogP contribution in [0.5, 0.6) is 11.5 Å². The van der Waals surface area contributed by atoms with E-state index in [2.05, 4.69) is 32.8 Å². The van der Waals surface area contributed by atoms with Gasteiger partial charge in [0.25, 0.3) is 0 Å². The van der Waals surface area contributed by atoms with Crippen LogP contribution in [0.3, 0.4) is 0 Å². The molecule has 5 N–H and O–H groups in total. The van der Waals surface area contributed by atoms with Crippen LogP contribution in [0.1, 0.15) is 99.0 Å². The number of pyridine rings is 1. The molecule has 3 fully saturated rings. The van der Waals surface area contributed by atoms with Crippen molar-refractivity contribution in [2.24, 2.45) is 16.7 Å². The van der Waals surface area contributed by atoms with Crippen LogP contribution in [0, 0.1) is 23.7 Å². The number of aryl methyl sites for hydroxylation is 1. The molecule has 0 unspecified atom stereocenters. The van der Waals surface area contributed by atoms with Crippen LogP contribution in [0.2, 0.25) is 0 Å². The third-order valence-corrected chi connectivity index (χ3v) is 12.5. The van der Waals surface area contributed by atoms with Crippen molar-refractivity contribution in [3.63, 3.8) is 0 Å². The normalized spacial score (nSPS) is 22.8. The SMILES string of the molecule is C=C[C@@H]1C[C@]1(NC(=O)[C@@H]1C[C@@H](Oc2cc(-c3csc(NC(=O)CC(C)(C)C)n3)nc3c(C)c(OC)ccc23)CN1C(=O)[C@@H](NC(=O)NC1(C)CCCC1)C(C)(C)C)C(=O)O. The van der Waals surface area contributed by atoms with Crippen LogP contribution >= 0.6 is 11.3 Å². The second-order valence-corrected chi connectivity index (χ2v) is 19.9. The Morgan fingerprint density at radius 2 is 1.75 bits per heavy atom. The Morgan fingerprint density at radius 3 is 2.35 bits per heavy atom. The van der Waals surface area contributed by atoms with E-state index in [0.29, 0.717) is 45.3 Å². The van der Waals surface area contributed by atoms with Gasteiger partial charge in [-0.05, 0) is 56.1 Å². The molecular formula is C44H59N7O8S. The highest BCUT2D eigenvalue weighted by Crippen LogP contribution is 2.45. The molecule has 324 valence electrons. The van der Waals surface area contributed by atoms with Crippen LogP contribution in [-0.2, 0) is 19.2 Å². The second kappa shape index (κ2) is 16.7. The number of urea groups is 1. The Labute approximate surface area is 355 Å². The van der Waals surface area contributed by atoms with E-state index in [9.17, 15) is 29.1 Å². The number of carbonyl (C=O) groups excluding carboxylic acids is 4. The highest BCUT2D eigenvalue weighted by atomic mass is 32.1. The predicted octanol–water partition coefficient (Wildman–Crippen LogP) is 6.59. The summed E-state index contributed by atoms with van der Waals surface area (Å²) in [7, 11) is 1.57. The van der Waals surface area contributed by atoms with Gasteiger partial charge in [0.1, 0.15) is 40.9 Å². The van der Waals surface area contributed by atoms with Crippen molar-refractivity contribution in [1.29, 1.82) is 0 Å². The minimum absolute atomic E-state index is 0.0299. The fraction of sp³-hybridized carbons (Fsp3) is 0.568. The van der Waals surface area contributed by atoms with E-state index in [1.54, 1.807) is 18.6 Å². The van der Waals surface area contributed by atoms with Crippen LogP contribution < -0.4 is 30.7 Å². The number of methoxy groups -OCH3 is 1. The fourth-order valence-electron chi connectivity index (χ4n) is 8.33. The van der Waals surface area contributed by atoms with E-state index in [0.717, 1.165) is 31.2 Å². The molecule has 1 aromatic carbocycles. The van der Waals surface area contributed by atoms with Gasteiger partial charge in [0.15, 0.2) is 5.13 Å². The van der Waals surface area contributed by atoms with E-state index < -0.39 is 64.4 Å². The van der Waals surface area contributed by atoms with Gasteiger partial charge in [0.2, 0.25) is 17.7 Å². The number of amides is 5. The van der Waals surface area contributed by atoms with Gasteiger partial charge in [0, 0.05) is 46.7 Å². The summed E-state index contributed by atoms with van der Waals surface area (Å²) < 4.78 is 12.4. The zero-order valence-corrected chi connectivity index (χ0v) is 36.9. The van der Waals surface area contributed by atoms with Crippen molar-refractivity contribution in [2.75, 3.05) is 19.0 Å². The number of thiazole rings is 1. The summed E-state index contributed by atoms with van der Waals surface area (Å²) in [4.78, 5) is 78.7. The smallest absolute Gasteiger partial charge is 0.330 e. The summed E-state index contributed by atoms with van der Waals surface area (Å²) in [5.41, 5.74) is -0.601. The number of carboxylic acid groups (broad SMARTS) is 1. The molecule has 1 saturated heterocycles. The average molecular weight is 846 g/mol. The predicted molar refractivity (Wildman–Crippen MR) is 230 cm³/mol. The highest BCUT2D eigenvalue weighted by Gasteiger charge is 2.61. The molecule has 2 saturated carbocycles. The lowest BCUT2D eigenvalue weighted by molar-refractivity contribution is -0.146. The minimum Gasteiger partial charge on any atom is -0.496 e. The van der Waals surface area contributed by atoms with Crippen LogP contribution in [0.4, 0.5) is 9.93 Å². The maximum Gasteiger partial charge on any atom is 0.330 e. The number of rotatable bonds is 13. The molecule has 0 spiro atoms. The summed E-state index contributed by atoms with van der Waals surface area (Å²) in [6.45, 7) is 19.1. The van der Waals surface area contributed by atoms with Crippen LogP contribution in [0.25, 0.3) is 22.3 Å². The third-order valence-electron chi connectivity index (χ3n) is 11.8. The van der Waals surface area contributed by atoms with Crippen molar-refractivity contribution >= 4 is 57.1 Å². The van der Waals surface area contributed by atoms with Crippen molar-refractivity contribution in [3.05, 3.63) is 41.8 Å². The van der Waals surface area contributed by atoms with Crippen LogP contribution in [-0.4, -0.2) is 92.6 Å². The molecule has 1 aliphatic heterocycles. The molecule has 2 aliphatic carbocycles. The summed E-state index contributed by atoms with van der Waals surface area (Å²) in [6.07, 6.45) is 4.94. The average Bonchev–Trinajstić information content (AvgIpc) is 3.48. The first-order valence-electron chi connectivity index (χ1n) is 20.5. The van der Waals surface area contributed by atoms with Gasteiger partial charge in [-0.25, -0.2) is 19.6 Å². The van der Waals surface area contributed by atoms with E-state index in [1.165, 1.54) is 22.3 Å². The lowest BCUT2D eigenvalue weighted by Gasteiger charge is -2.36. The number of aromatic nitrogens is 2. The molecule has 2 aromatic heterocycles. The molecule has 0 bridgehead atoms. The maximum absolute atomic E-state index is 14.8. The molecule has 60 heavy (non-hydrogen) atoms. The van der Waals surface area contributed by atoms with Crippen molar-refractivity contribution in [2.45, 2.75) is 130 Å². The number of anilines is 1. The van der Waals surface area contributed by atoms with Gasteiger partial charge in [0.05, 0.1) is 24.9 Å². The first-order chi connectivity index (χ1) is 28.1. The molecule has 5 atom stereocenters. The maximum atomic E-state index is 14.8. The van der Waals surface area contributed by atoms with Gasteiger partial charge in [-0.3, -0.25) is 14.4 Å². The fourth-order valence-corrected chi connectivity index (χ4v) is 9.05. The zero-order chi connectivity index (χ0) is 43.9. The summed E-state index contributed by atoms with van der Waals surface area (Å²) in [6, 6.07) is 2.74. The first kappa shape index (κ1) is 44.3. The van der Waals surface area contributed by atoms with E-state index in [4.69, 9.17) is 14.5 Å². The Kier molecular flexibility index (Phi) is 12.3. The van der Waals surface area contributed by atoms with Crippen molar-refractivity contribution in [1.82, 2.24) is 30.8 Å². The number of carbonyl (C=O) groups is 5. The first-order valence-corrected chi connectivity index (χ1v) is 21.4. The number of benzene rings is 1. The second-order valence-electron chi connectivity index (χ2n) is 19.1. The monoisotopic (exact) mass is 845 g/mol. The van der Waals surface area contributed by atoms with Gasteiger partial charge >= 0.3 is 12.0 Å². The van der Waals surface area contributed by atoms with Gasteiger partial charge < -0.3 is 40.7 Å². The molecule has 15 nitrogen and oxygen atoms in total. The molecule has 6 rings (SSSR count). The number of nitrogens with zero attached hydrogens (tertiary/aromatic N) is 3. The third kappa shape index (κ3) is 9.53. The van der Waals surface area contributed by atoms with Gasteiger partial charge in [-0.15, -0.1) is 17.9 Å². The molecular weight excluding hydrogens is 787 g/mol. The molecule has 16 heteroatoms. The largest absolute Gasteiger partial charge is 0.496 e. The number of nitrogens with one attached hydrogen (secondary N) is 4. The molecule has 5 amide bonds. The van der Waals surface area contributed by atoms with E-state index in [1.807, 2.05) is 67.5 Å². The van der Waals surface area contributed by atoms with Gasteiger partial charge in [-0.2, -0.15) is 0 Å². The molecule has 3 aromatic rings. The lowest BCUT2D eigenvalue weighted by Crippen LogP contribution is -2.61. The number of carboxylic acids is 1. The lowest BCUT2D eigenvalue weighted by atomic mass is 9.85. The Morgan fingerprint density at radius 1 is 1.05 bits per heavy atom. The van der Waals surface area contributed by atoms with Crippen LogP contribution in [0.15, 0.2) is 36.2 Å². The highest BCUT2D eigenvalue weighted by molar-refractivity contribution is 7.14. The molecule has 3 aliphatic rings. The van der Waals surface area contributed by atoms with E-state index in [-0.39, 0.29) is 30.7 Å². The molecule has 0 radical (unpaired) electrons. The minimum atomic E-state index is -1.53. The van der Waals surface area contributed by atoms with Crippen molar-refractivity contribution < 1.29 is 38.6 Å². The standard InChI is InChI=1S/C44H59N7O8S/c1-11-25-20-44(25,38(55)56)49-36(53)30-18-26(22-51(30)37(54)35(42(6,7)8)48-39(57)50-43(9)16-12-13-17-43)59-32-19-28(45-34-24(2)31(58-10)15-14-27(32)34)29-23-60-40(46-29)47-33(52)21-41(3,4)5/h11,14-15,19,23,25-26,30,35H,1,12-13,16-18,20-22H2,2-10H3,(H,49,53)(H,55,56)(H,46,47,52)(H2,48,50,57)/t25-,26-,30+,35-,44-/m1/s1. The summed E-state index contributed by atoms with van der Waals surface area (Å²) in [5, 5.41) is 24.6. The summed E-state index contributed by atoms with van der Waals surface area (Å²) in [5.74, 6) is -1.92. The number of ether oxygens (including phenoxy) is 2. The summed E-state index contributed by atoms with van der Waals surface area (Å²) >= 11 is 1.27. The Bertz CT molecular complexity index is 2190. The number of hydrogen-bond acceptors (Lipinski definition) is 10. The van der Waals surface area contributed by atoms with E-state index >= 15 is 0 Å². The Balaban J connectivity index is 1.34. The van der Waals surface area contributed by atoms with Crippen molar-refractivity contribution in [3.8, 4) is 22.9 Å². The quantitative estimate of drug-likeness (QED) is 0.117. The number of aliphatic carboxylic acids is 1. The number of fused-ring (bicyclic) bond motifs is 1. The van der Waals surface area contributed by atoms with Gasteiger partial charge in [-0.1, -0.05) is 60.5 Å². The Hall–Kier alpha value is -5.25. The zero-order valence-electron chi connectivity index (χ0n) is 36.1. The number of likely N-dealkylation sites (tertiary alicyclic amines) is 1.